The molecule has 0 fully saturated rings. The van der Waals surface area contributed by atoms with Crippen molar-refractivity contribution in [3.63, 3.8) is 0 Å². The zero-order valence-corrected chi connectivity index (χ0v) is 13.5. The van der Waals surface area contributed by atoms with Gasteiger partial charge in [0, 0.05) is 31.3 Å². The minimum absolute atomic E-state index is 0.0518. The maximum Gasteiger partial charge on any atom is 0.138 e. The molecule has 0 aliphatic carbocycles. The van der Waals surface area contributed by atoms with E-state index in [-0.39, 0.29) is 22.4 Å². The Labute approximate surface area is 118 Å². The Morgan fingerprint density at radius 2 is 1.47 bits per heavy atom. The third-order valence-corrected chi connectivity index (χ3v) is 2.78. The second-order valence-corrected chi connectivity index (χ2v) is 7.42. The summed E-state index contributed by atoms with van der Waals surface area (Å²) in [5.74, 6) is 0.512. The molecular weight excluding hydrogens is 240 g/mol. The molecule has 0 unspecified atom stereocenters. The van der Waals surface area contributed by atoms with E-state index in [1.165, 1.54) is 0 Å². The van der Waals surface area contributed by atoms with Crippen LogP contribution in [0.1, 0.15) is 67.2 Å². The fraction of sp³-hybridized carbons (Fsp3) is 0.875. The van der Waals surface area contributed by atoms with Gasteiger partial charge < -0.3 is 4.74 Å². The summed E-state index contributed by atoms with van der Waals surface area (Å²) in [6, 6.07) is 0. The van der Waals surface area contributed by atoms with E-state index in [0.717, 1.165) is 6.42 Å². The van der Waals surface area contributed by atoms with Crippen molar-refractivity contribution in [2.45, 2.75) is 67.2 Å². The number of carbonyl (C=O) groups excluding carboxylic acids is 2. The van der Waals surface area contributed by atoms with Crippen molar-refractivity contribution in [1.29, 1.82) is 0 Å². The Hall–Kier alpha value is -0.700. The number of ketones is 2. The molecule has 0 atom stereocenters. The lowest BCUT2D eigenvalue weighted by molar-refractivity contribution is -0.127. The third-order valence-electron chi connectivity index (χ3n) is 2.78. The van der Waals surface area contributed by atoms with Gasteiger partial charge in [0.1, 0.15) is 11.6 Å². The summed E-state index contributed by atoms with van der Waals surface area (Å²) >= 11 is 0. The van der Waals surface area contributed by atoms with Crippen LogP contribution < -0.4 is 0 Å². The van der Waals surface area contributed by atoms with Gasteiger partial charge in [-0.3, -0.25) is 9.59 Å². The largest absolute Gasteiger partial charge is 0.381 e. The second-order valence-electron chi connectivity index (χ2n) is 7.42. The summed E-state index contributed by atoms with van der Waals surface area (Å²) in [4.78, 5) is 23.2. The van der Waals surface area contributed by atoms with Crippen molar-refractivity contribution in [3.8, 4) is 0 Å². The van der Waals surface area contributed by atoms with Gasteiger partial charge >= 0.3 is 0 Å². The van der Waals surface area contributed by atoms with Gasteiger partial charge in [0.25, 0.3) is 0 Å². The van der Waals surface area contributed by atoms with Crippen LogP contribution in [0.5, 0.6) is 0 Å². The Balaban J connectivity index is 3.57. The first kappa shape index (κ1) is 18.3. The molecule has 0 aliphatic rings. The lowest BCUT2D eigenvalue weighted by atomic mass is 9.88. The van der Waals surface area contributed by atoms with Crippen molar-refractivity contribution in [3.05, 3.63) is 0 Å². The predicted octanol–water partition coefficient (Wildman–Crippen LogP) is 3.79. The zero-order valence-electron chi connectivity index (χ0n) is 13.5. The highest BCUT2D eigenvalue weighted by Gasteiger charge is 2.20. The summed E-state index contributed by atoms with van der Waals surface area (Å²) in [7, 11) is 0. The number of ether oxygens (including phenoxy) is 1. The van der Waals surface area contributed by atoms with Crippen LogP contribution in [0.2, 0.25) is 0 Å². The van der Waals surface area contributed by atoms with Crippen LogP contribution in [0, 0.1) is 10.8 Å². The SMILES string of the molecule is CC(C)(C)CC(=O)CCOCCCC(=O)C(C)(C)C. The molecule has 0 rings (SSSR count). The first-order valence-electron chi connectivity index (χ1n) is 7.15. The van der Waals surface area contributed by atoms with Gasteiger partial charge in [-0.15, -0.1) is 0 Å². The molecule has 3 heteroatoms. The average molecular weight is 270 g/mol. The third kappa shape index (κ3) is 10.9. The van der Waals surface area contributed by atoms with Gasteiger partial charge in [-0.1, -0.05) is 41.5 Å². The summed E-state index contributed by atoms with van der Waals surface area (Å²) in [6.45, 7) is 13.0. The molecule has 0 spiro atoms. The molecule has 0 aromatic carbocycles. The van der Waals surface area contributed by atoms with E-state index in [1.807, 2.05) is 20.8 Å². The van der Waals surface area contributed by atoms with Gasteiger partial charge in [-0.2, -0.15) is 0 Å². The van der Waals surface area contributed by atoms with E-state index in [1.54, 1.807) is 0 Å². The van der Waals surface area contributed by atoms with Crippen molar-refractivity contribution < 1.29 is 14.3 Å². The van der Waals surface area contributed by atoms with E-state index in [9.17, 15) is 9.59 Å². The van der Waals surface area contributed by atoms with Crippen LogP contribution in [0.3, 0.4) is 0 Å². The van der Waals surface area contributed by atoms with Gasteiger partial charge in [0.2, 0.25) is 0 Å². The molecule has 112 valence electrons. The number of rotatable bonds is 8. The standard InChI is InChI=1S/C16H30O3/c1-15(2,3)12-13(17)9-11-19-10-7-8-14(18)16(4,5)6/h7-12H2,1-6H3. The quantitative estimate of drug-likeness (QED) is 0.630. The average Bonchev–Trinajstić information content (AvgIpc) is 2.18. The second kappa shape index (κ2) is 7.78. The molecule has 0 amide bonds. The Morgan fingerprint density at radius 3 is 1.95 bits per heavy atom. The highest BCUT2D eigenvalue weighted by molar-refractivity contribution is 5.83. The zero-order chi connectivity index (χ0) is 15.1. The summed E-state index contributed by atoms with van der Waals surface area (Å²) in [6.07, 6.45) is 2.37. The molecule has 0 radical (unpaired) electrons. The molecule has 0 saturated carbocycles. The minimum Gasteiger partial charge on any atom is -0.381 e. The molecule has 0 aliphatic heterocycles. The predicted molar refractivity (Wildman–Crippen MR) is 78.2 cm³/mol. The maximum absolute atomic E-state index is 11.7. The fourth-order valence-electron chi connectivity index (χ4n) is 1.68. The van der Waals surface area contributed by atoms with Crippen LogP contribution in [0.25, 0.3) is 0 Å². The molecule has 0 heterocycles. The minimum atomic E-state index is -0.261. The highest BCUT2D eigenvalue weighted by Crippen LogP contribution is 2.19. The fourth-order valence-corrected chi connectivity index (χ4v) is 1.68. The van der Waals surface area contributed by atoms with Crippen molar-refractivity contribution in [2.24, 2.45) is 10.8 Å². The topological polar surface area (TPSA) is 43.4 Å². The van der Waals surface area contributed by atoms with Gasteiger partial charge in [0.15, 0.2) is 0 Å². The number of carbonyl (C=O) groups is 2. The number of hydrogen-bond donors (Lipinski definition) is 0. The van der Waals surface area contributed by atoms with Crippen molar-refractivity contribution in [2.75, 3.05) is 13.2 Å². The van der Waals surface area contributed by atoms with E-state index in [2.05, 4.69) is 20.8 Å². The van der Waals surface area contributed by atoms with E-state index in [4.69, 9.17) is 4.74 Å². The summed E-state index contributed by atoms with van der Waals surface area (Å²) < 4.78 is 5.41. The normalized spacial score (nSPS) is 12.5. The molecule has 0 bridgehead atoms. The van der Waals surface area contributed by atoms with Crippen molar-refractivity contribution in [1.82, 2.24) is 0 Å². The first-order valence-corrected chi connectivity index (χ1v) is 7.15. The monoisotopic (exact) mass is 270 g/mol. The van der Waals surface area contributed by atoms with Crippen LogP contribution >= 0.6 is 0 Å². The maximum atomic E-state index is 11.7. The van der Waals surface area contributed by atoms with Gasteiger partial charge in [-0.05, 0) is 11.8 Å². The van der Waals surface area contributed by atoms with Crippen molar-refractivity contribution >= 4 is 11.6 Å². The number of Topliss-reactive ketones (excluding diaryl/α,β-unsaturated/α-hetero) is 2. The van der Waals surface area contributed by atoms with Gasteiger partial charge in [0.05, 0.1) is 6.61 Å². The molecule has 0 aromatic rings. The first-order chi connectivity index (χ1) is 8.52. The summed E-state index contributed by atoms with van der Waals surface area (Å²) in [5, 5.41) is 0. The van der Waals surface area contributed by atoms with Crippen LogP contribution in [0.15, 0.2) is 0 Å². The molecule has 0 N–H and O–H groups in total. The van der Waals surface area contributed by atoms with Crippen LogP contribution in [-0.2, 0) is 14.3 Å². The number of hydrogen-bond acceptors (Lipinski definition) is 3. The van der Waals surface area contributed by atoms with E-state index in [0.29, 0.717) is 32.5 Å². The Morgan fingerprint density at radius 1 is 0.895 bits per heavy atom. The Bertz CT molecular complexity index is 292. The highest BCUT2D eigenvalue weighted by atomic mass is 16.5. The van der Waals surface area contributed by atoms with E-state index < -0.39 is 0 Å². The van der Waals surface area contributed by atoms with Crippen LogP contribution in [-0.4, -0.2) is 24.8 Å². The Kier molecular flexibility index (Phi) is 7.50. The van der Waals surface area contributed by atoms with Gasteiger partial charge in [-0.25, -0.2) is 0 Å². The van der Waals surface area contributed by atoms with E-state index >= 15 is 0 Å². The molecular formula is C16H30O3. The molecule has 19 heavy (non-hydrogen) atoms. The van der Waals surface area contributed by atoms with Crippen LogP contribution in [0.4, 0.5) is 0 Å². The molecule has 0 aromatic heterocycles. The lowest BCUT2D eigenvalue weighted by Crippen LogP contribution is -2.20. The lowest BCUT2D eigenvalue weighted by Gasteiger charge is -2.17. The molecule has 0 saturated heterocycles. The summed E-state index contributed by atoms with van der Waals surface area (Å²) in [5.41, 5.74) is -0.209. The smallest absolute Gasteiger partial charge is 0.138 e. The molecule has 3 nitrogen and oxygen atoms in total.